The van der Waals surface area contributed by atoms with Gasteiger partial charge in [0.2, 0.25) is 0 Å². The van der Waals surface area contributed by atoms with Crippen molar-refractivity contribution in [2.75, 3.05) is 0 Å². The average molecular weight is 642 g/mol. The molecule has 6 aromatic carbocycles. The molecule has 0 aliphatic carbocycles. The molecule has 0 spiro atoms. The molecule has 0 radical (unpaired) electrons. The van der Waals surface area contributed by atoms with E-state index in [9.17, 15) is 0 Å². The van der Waals surface area contributed by atoms with E-state index >= 15 is 0 Å². The Morgan fingerprint density at radius 3 is 1.70 bits per heavy atom. The Hall–Kier alpha value is -6.92. The van der Waals surface area contributed by atoms with Crippen LogP contribution >= 0.6 is 0 Å². The van der Waals surface area contributed by atoms with Crippen LogP contribution in [0, 0.1) is 0 Å². The van der Waals surface area contributed by atoms with Crippen molar-refractivity contribution in [2.45, 2.75) is 0 Å². The highest BCUT2D eigenvalue weighted by Gasteiger charge is 2.24. The van der Waals surface area contributed by atoms with Gasteiger partial charge in [0.15, 0.2) is 23.1 Å². The van der Waals surface area contributed by atoms with Crippen molar-refractivity contribution >= 4 is 43.7 Å². The zero-order valence-electron chi connectivity index (χ0n) is 26.7. The lowest BCUT2D eigenvalue weighted by Crippen LogP contribution is -2.00. The number of benzene rings is 6. The highest BCUT2D eigenvalue weighted by atomic mass is 16.3. The highest BCUT2D eigenvalue weighted by molar-refractivity contribution is 6.24. The van der Waals surface area contributed by atoms with Gasteiger partial charge in [-0.25, -0.2) is 15.0 Å². The molecule has 0 saturated carbocycles. The Kier molecular flexibility index (Phi) is 6.39. The van der Waals surface area contributed by atoms with E-state index in [2.05, 4.69) is 82.3 Å². The first kappa shape index (κ1) is 28.1. The van der Waals surface area contributed by atoms with E-state index in [1.165, 1.54) is 5.39 Å². The predicted octanol–water partition coefficient (Wildman–Crippen LogP) is 10.9. The summed E-state index contributed by atoms with van der Waals surface area (Å²) in [7, 11) is 0. The van der Waals surface area contributed by atoms with Gasteiger partial charge in [-0.05, 0) is 53.6 Å². The minimum Gasteiger partial charge on any atom is -0.453 e. The molecule has 0 amide bonds. The standard InChI is InChI=1S/C44H27N5O/c1-4-12-29(13-5-1)42-46-43(30-14-6-2-7-15-30)48-44(47-42)36-23-20-32(28-24-26-45-27-25-28)38-35-22-21-34-33-18-10-11-19-37(33)49(31-16-8-3-9-17-31)39(34)41(35)50-40(36)38/h1-27H. The summed E-state index contributed by atoms with van der Waals surface area (Å²) in [4.78, 5) is 19.4. The number of furan rings is 1. The van der Waals surface area contributed by atoms with Crippen molar-refractivity contribution < 1.29 is 4.42 Å². The number of nitrogens with zero attached hydrogens (tertiary/aromatic N) is 5. The lowest BCUT2D eigenvalue weighted by atomic mass is 9.97. The summed E-state index contributed by atoms with van der Waals surface area (Å²) in [5.41, 5.74) is 9.45. The molecule has 0 atom stereocenters. The second-order valence-electron chi connectivity index (χ2n) is 12.3. The smallest absolute Gasteiger partial charge is 0.167 e. The molecule has 4 heterocycles. The molecule has 0 fully saturated rings. The predicted molar refractivity (Wildman–Crippen MR) is 201 cm³/mol. The maximum atomic E-state index is 7.16. The van der Waals surface area contributed by atoms with Gasteiger partial charge < -0.3 is 8.98 Å². The number of aromatic nitrogens is 5. The zero-order chi connectivity index (χ0) is 33.0. The Balaban J connectivity index is 1.34. The van der Waals surface area contributed by atoms with E-state index in [-0.39, 0.29) is 0 Å². The van der Waals surface area contributed by atoms with Gasteiger partial charge in [0.05, 0.1) is 16.6 Å². The van der Waals surface area contributed by atoms with Crippen LogP contribution in [-0.2, 0) is 0 Å². The topological polar surface area (TPSA) is 69.6 Å². The summed E-state index contributed by atoms with van der Waals surface area (Å²) >= 11 is 0. The average Bonchev–Trinajstić information content (AvgIpc) is 3.75. The second-order valence-corrected chi connectivity index (χ2v) is 12.3. The molecular formula is C44H27N5O. The molecule has 0 saturated heterocycles. The van der Waals surface area contributed by atoms with Gasteiger partial charge in [0, 0.05) is 50.8 Å². The van der Waals surface area contributed by atoms with Crippen LogP contribution in [0.4, 0.5) is 0 Å². The van der Waals surface area contributed by atoms with E-state index in [4.69, 9.17) is 19.4 Å². The minimum atomic E-state index is 0.544. The van der Waals surface area contributed by atoms with Crippen LogP contribution in [0.15, 0.2) is 168 Å². The second kappa shape index (κ2) is 11.4. The summed E-state index contributed by atoms with van der Waals surface area (Å²) in [6.45, 7) is 0. The van der Waals surface area contributed by atoms with Crippen LogP contribution in [0.5, 0.6) is 0 Å². The molecule has 6 nitrogen and oxygen atoms in total. The van der Waals surface area contributed by atoms with Gasteiger partial charge in [0.1, 0.15) is 5.58 Å². The Morgan fingerprint density at radius 2 is 1.00 bits per heavy atom. The van der Waals surface area contributed by atoms with Crippen LogP contribution in [0.25, 0.3) is 94.7 Å². The van der Waals surface area contributed by atoms with Gasteiger partial charge in [-0.15, -0.1) is 0 Å². The number of hydrogen-bond donors (Lipinski definition) is 0. The van der Waals surface area contributed by atoms with Gasteiger partial charge in [-0.1, -0.05) is 109 Å². The zero-order valence-corrected chi connectivity index (χ0v) is 26.7. The van der Waals surface area contributed by atoms with Crippen LogP contribution in [0.1, 0.15) is 0 Å². The minimum absolute atomic E-state index is 0.544. The molecule has 0 N–H and O–H groups in total. The normalized spacial score (nSPS) is 11.6. The number of hydrogen-bond acceptors (Lipinski definition) is 5. The quantitative estimate of drug-likeness (QED) is 0.187. The molecule has 50 heavy (non-hydrogen) atoms. The third-order valence-electron chi connectivity index (χ3n) is 9.37. The molecule has 0 aliphatic heterocycles. The van der Waals surface area contributed by atoms with E-state index in [0.717, 1.165) is 71.9 Å². The van der Waals surface area contributed by atoms with E-state index < -0.39 is 0 Å². The molecule has 10 rings (SSSR count). The summed E-state index contributed by atoms with van der Waals surface area (Å²) in [6, 6.07) is 51.8. The molecule has 4 aromatic heterocycles. The fraction of sp³-hybridized carbons (Fsp3) is 0. The third kappa shape index (κ3) is 4.43. The van der Waals surface area contributed by atoms with Gasteiger partial charge in [-0.2, -0.15) is 0 Å². The summed E-state index contributed by atoms with van der Waals surface area (Å²) in [5.74, 6) is 1.75. The van der Waals surface area contributed by atoms with E-state index in [1.807, 2.05) is 91.3 Å². The number of fused-ring (bicyclic) bond motifs is 7. The molecule has 10 aromatic rings. The number of pyridine rings is 1. The summed E-state index contributed by atoms with van der Waals surface area (Å²) in [6.07, 6.45) is 3.65. The van der Waals surface area contributed by atoms with Gasteiger partial charge in [-0.3, -0.25) is 4.98 Å². The van der Waals surface area contributed by atoms with Crippen molar-refractivity contribution in [1.29, 1.82) is 0 Å². The van der Waals surface area contributed by atoms with Crippen molar-refractivity contribution in [3.05, 3.63) is 164 Å². The lowest BCUT2D eigenvalue weighted by Gasteiger charge is -2.10. The van der Waals surface area contributed by atoms with Gasteiger partial charge in [0.25, 0.3) is 0 Å². The van der Waals surface area contributed by atoms with Crippen LogP contribution in [0.3, 0.4) is 0 Å². The first-order valence-electron chi connectivity index (χ1n) is 16.6. The highest BCUT2D eigenvalue weighted by Crippen LogP contribution is 2.45. The number of para-hydroxylation sites is 2. The Morgan fingerprint density at radius 1 is 0.420 bits per heavy atom. The van der Waals surface area contributed by atoms with Crippen LogP contribution in [-0.4, -0.2) is 24.5 Å². The monoisotopic (exact) mass is 641 g/mol. The van der Waals surface area contributed by atoms with Crippen molar-refractivity contribution in [3.8, 4) is 51.0 Å². The summed E-state index contributed by atoms with van der Waals surface area (Å²) in [5, 5.41) is 4.31. The molecule has 0 aliphatic rings. The fourth-order valence-electron chi connectivity index (χ4n) is 7.11. The van der Waals surface area contributed by atoms with Gasteiger partial charge >= 0.3 is 0 Å². The van der Waals surface area contributed by atoms with Crippen molar-refractivity contribution in [2.24, 2.45) is 0 Å². The molecule has 6 heteroatoms. The molecular weight excluding hydrogens is 615 g/mol. The first-order chi connectivity index (χ1) is 24.8. The Labute approximate surface area is 287 Å². The van der Waals surface area contributed by atoms with E-state index in [0.29, 0.717) is 17.5 Å². The third-order valence-corrected chi connectivity index (χ3v) is 9.37. The maximum Gasteiger partial charge on any atom is 0.167 e. The number of rotatable bonds is 5. The molecule has 234 valence electrons. The molecule has 0 bridgehead atoms. The fourth-order valence-corrected chi connectivity index (χ4v) is 7.11. The van der Waals surface area contributed by atoms with Crippen LogP contribution in [0.2, 0.25) is 0 Å². The SMILES string of the molecule is c1ccc(-c2nc(-c3ccccc3)nc(-c3ccc(-c4ccncc4)c4c3oc3c4ccc4c5ccccc5n(-c5ccccc5)c43)n2)cc1. The van der Waals surface area contributed by atoms with Crippen molar-refractivity contribution in [1.82, 2.24) is 24.5 Å². The van der Waals surface area contributed by atoms with E-state index in [1.54, 1.807) is 0 Å². The first-order valence-corrected chi connectivity index (χ1v) is 16.6. The summed E-state index contributed by atoms with van der Waals surface area (Å²) < 4.78 is 9.47. The molecule has 0 unspecified atom stereocenters. The van der Waals surface area contributed by atoms with Crippen LogP contribution < -0.4 is 0 Å². The maximum absolute atomic E-state index is 7.16. The largest absolute Gasteiger partial charge is 0.453 e. The lowest BCUT2D eigenvalue weighted by molar-refractivity contribution is 0.671. The Bertz CT molecular complexity index is 2790. The van der Waals surface area contributed by atoms with Crippen molar-refractivity contribution in [3.63, 3.8) is 0 Å².